The normalized spacial score (nSPS) is 13.4. The third-order valence-corrected chi connectivity index (χ3v) is 4.67. The maximum absolute atomic E-state index is 12.6. The number of carbonyl (C=O) groups is 1. The van der Waals surface area contributed by atoms with E-state index in [-0.39, 0.29) is 11.9 Å². The summed E-state index contributed by atoms with van der Waals surface area (Å²) in [4.78, 5) is 12.6. The quantitative estimate of drug-likeness (QED) is 0.612. The van der Waals surface area contributed by atoms with Crippen LogP contribution in [0, 0.1) is 0 Å². The summed E-state index contributed by atoms with van der Waals surface area (Å²) in [6, 6.07) is 16.3. The van der Waals surface area contributed by atoms with E-state index in [0.29, 0.717) is 5.69 Å². The summed E-state index contributed by atoms with van der Waals surface area (Å²) in [5.74, 6) is -0.0874. The molecule has 0 saturated carbocycles. The number of hydrogen-bond acceptors (Lipinski definition) is 4. The van der Waals surface area contributed by atoms with Crippen molar-refractivity contribution in [2.24, 2.45) is 0 Å². The summed E-state index contributed by atoms with van der Waals surface area (Å²) in [5.41, 5.74) is 2.31. The van der Waals surface area contributed by atoms with E-state index in [4.69, 9.17) is 0 Å². The smallest absolute Gasteiger partial charge is 0.242 e. The number of sulfonamides is 1. The molecule has 27 heavy (non-hydrogen) atoms. The molecule has 0 aliphatic heterocycles. The molecule has 0 saturated heterocycles. The minimum absolute atomic E-state index is 0.0192. The number of carbonyl (C=O) groups excluding carboxylic acids is 1. The lowest BCUT2D eigenvalue weighted by Gasteiger charge is -2.22. The van der Waals surface area contributed by atoms with Gasteiger partial charge in [0.05, 0.1) is 12.3 Å². The summed E-state index contributed by atoms with van der Waals surface area (Å²) in [5, 5.41) is 6.24. The van der Waals surface area contributed by atoms with Crippen LogP contribution < -0.4 is 15.4 Å². The van der Waals surface area contributed by atoms with Gasteiger partial charge in [-0.15, -0.1) is 0 Å². The van der Waals surface area contributed by atoms with Crippen molar-refractivity contribution in [3.05, 3.63) is 60.2 Å². The monoisotopic (exact) mass is 389 g/mol. The van der Waals surface area contributed by atoms with Gasteiger partial charge in [0, 0.05) is 11.4 Å². The van der Waals surface area contributed by atoms with Crippen molar-refractivity contribution >= 4 is 27.3 Å². The topological polar surface area (TPSA) is 87.3 Å². The van der Waals surface area contributed by atoms with Crippen LogP contribution >= 0.6 is 0 Å². The van der Waals surface area contributed by atoms with Crippen LogP contribution in [0.1, 0.15) is 38.3 Å². The summed E-state index contributed by atoms with van der Waals surface area (Å²) in [6.45, 7) is 3.89. The highest BCUT2D eigenvalue weighted by atomic mass is 32.2. The molecular weight excluding hydrogens is 362 g/mol. The van der Waals surface area contributed by atoms with Crippen LogP contribution in [0.15, 0.2) is 54.6 Å². The fourth-order valence-electron chi connectivity index (χ4n) is 2.76. The highest BCUT2D eigenvalue weighted by molar-refractivity contribution is 7.92. The van der Waals surface area contributed by atoms with Crippen molar-refractivity contribution < 1.29 is 13.2 Å². The van der Waals surface area contributed by atoms with Crippen molar-refractivity contribution in [3.8, 4) is 0 Å². The molecule has 3 N–H and O–H groups in total. The lowest BCUT2D eigenvalue weighted by molar-refractivity contribution is -0.122. The second-order valence-corrected chi connectivity index (χ2v) is 8.33. The molecule has 2 rings (SSSR count). The van der Waals surface area contributed by atoms with Gasteiger partial charge in [-0.3, -0.25) is 9.52 Å². The molecule has 0 aliphatic rings. The Balaban J connectivity index is 1.98. The third kappa shape index (κ3) is 6.94. The molecule has 2 aromatic rings. The molecule has 0 fully saturated rings. The first-order valence-electron chi connectivity index (χ1n) is 8.98. The Morgan fingerprint density at radius 2 is 1.59 bits per heavy atom. The van der Waals surface area contributed by atoms with E-state index >= 15 is 0 Å². The molecule has 1 amide bonds. The number of hydrogen-bond donors (Lipinski definition) is 3. The number of anilines is 2. The average Bonchev–Trinajstić information content (AvgIpc) is 2.62. The van der Waals surface area contributed by atoms with Gasteiger partial charge in [-0.25, -0.2) is 8.42 Å². The Labute approximate surface area is 161 Å². The van der Waals surface area contributed by atoms with E-state index in [1.165, 1.54) is 0 Å². The number of nitrogens with one attached hydrogen (secondary N) is 3. The molecule has 0 aromatic heterocycles. The van der Waals surface area contributed by atoms with Gasteiger partial charge in [-0.1, -0.05) is 43.7 Å². The van der Waals surface area contributed by atoms with Crippen LogP contribution in [-0.2, 0) is 14.8 Å². The molecule has 6 nitrogen and oxygen atoms in total. The zero-order chi connectivity index (χ0) is 19.9. The SMILES string of the molecule is CCC[C@H](NC(=O)[C@H](C)Nc1ccc(NS(C)(=O)=O)cc1)c1ccccc1. The zero-order valence-electron chi connectivity index (χ0n) is 15.9. The van der Waals surface area contributed by atoms with E-state index in [1.807, 2.05) is 30.3 Å². The van der Waals surface area contributed by atoms with Gasteiger partial charge in [0.15, 0.2) is 0 Å². The van der Waals surface area contributed by atoms with E-state index in [2.05, 4.69) is 22.3 Å². The molecule has 0 radical (unpaired) electrons. The fraction of sp³-hybridized carbons (Fsp3) is 0.350. The average molecular weight is 390 g/mol. The standard InChI is InChI=1S/C20H27N3O3S/c1-4-8-19(16-9-6-5-7-10-16)22-20(24)15(2)21-17-11-13-18(14-12-17)23-27(3,25)26/h5-7,9-15,19,21,23H,4,8H2,1-3H3,(H,22,24)/t15-,19-/m0/s1. The van der Waals surface area contributed by atoms with Crippen LogP contribution in [0.5, 0.6) is 0 Å². The Hall–Kier alpha value is -2.54. The second kappa shape index (κ2) is 9.41. The van der Waals surface area contributed by atoms with Crippen molar-refractivity contribution in [1.82, 2.24) is 5.32 Å². The van der Waals surface area contributed by atoms with Gasteiger partial charge in [0.1, 0.15) is 6.04 Å². The number of amides is 1. The van der Waals surface area contributed by atoms with E-state index in [0.717, 1.165) is 30.3 Å². The van der Waals surface area contributed by atoms with Crippen LogP contribution in [-0.4, -0.2) is 26.6 Å². The first kappa shape index (κ1) is 20.8. The predicted octanol–water partition coefficient (Wildman–Crippen LogP) is 3.52. The Bertz CT molecular complexity index is 837. The molecule has 0 spiro atoms. The van der Waals surface area contributed by atoms with Gasteiger partial charge in [0.2, 0.25) is 15.9 Å². The highest BCUT2D eigenvalue weighted by Crippen LogP contribution is 2.19. The van der Waals surface area contributed by atoms with Crippen LogP contribution in [0.3, 0.4) is 0 Å². The van der Waals surface area contributed by atoms with Gasteiger partial charge in [0.25, 0.3) is 0 Å². The Morgan fingerprint density at radius 3 is 2.15 bits per heavy atom. The maximum atomic E-state index is 12.6. The Kier molecular flexibility index (Phi) is 7.24. The molecule has 0 heterocycles. The lowest BCUT2D eigenvalue weighted by Crippen LogP contribution is -2.39. The molecule has 2 aromatic carbocycles. The molecular formula is C20H27N3O3S. The highest BCUT2D eigenvalue weighted by Gasteiger charge is 2.18. The maximum Gasteiger partial charge on any atom is 0.242 e. The van der Waals surface area contributed by atoms with E-state index in [1.54, 1.807) is 31.2 Å². The van der Waals surface area contributed by atoms with Gasteiger partial charge < -0.3 is 10.6 Å². The number of rotatable bonds is 9. The molecule has 0 unspecified atom stereocenters. The summed E-state index contributed by atoms with van der Waals surface area (Å²) in [6.07, 6.45) is 2.94. The third-order valence-electron chi connectivity index (χ3n) is 4.06. The first-order chi connectivity index (χ1) is 12.8. The summed E-state index contributed by atoms with van der Waals surface area (Å²) >= 11 is 0. The van der Waals surface area contributed by atoms with Crippen molar-refractivity contribution in [1.29, 1.82) is 0 Å². The predicted molar refractivity (Wildman–Crippen MR) is 110 cm³/mol. The Morgan fingerprint density at radius 1 is 1.00 bits per heavy atom. The van der Waals surface area contributed by atoms with Crippen LogP contribution in [0.2, 0.25) is 0 Å². The molecule has 0 aliphatic carbocycles. The van der Waals surface area contributed by atoms with Crippen LogP contribution in [0.25, 0.3) is 0 Å². The molecule has 0 bridgehead atoms. The second-order valence-electron chi connectivity index (χ2n) is 6.58. The minimum atomic E-state index is -3.31. The summed E-state index contributed by atoms with van der Waals surface area (Å²) in [7, 11) is -3.31. The summed E-state index contributed by atoms with van der Waals surface area (Å²) < 4.78 is 24.9. The molecule has 2 atom stereocenters. The minimum Gasteiger partial charge on any atom is -0.374 e. The van der Waals surface area contributed by atoms with Crippen molar-refractivity contribution in [2.45, 2.75) is 38.8 Å². The van der Waals surface area contributed by atoms with Gasteiger partial charge in [-0.05, 0) is 43.2 Å². The largest absolute Gasteiger partial charge is 0.374 e. The molecule has 7 heteroatoms. The van der Waals surface area contributed by atoms with Crippen molar-refractivity contribution in [3.63, 3.8) is 0 Å². The zero-order valence-corrected chi connectivity index (χ0v) is 16.7. The number of benzene rings is 2. The lowest BCUT2D eigenvalue weighted by atomic mass is 10.0. The van der Waals surface area contributed by atoms with E-state index < -0.39 is 16.1 Å². The van der Waals surface area contributed by atoms with E-state index in [9.17, 15) is 13.2 Å². The van der Waals surface area contributed by atoms with Crippen molar-refractivity contribution in [2.75, 3.05) is 16.3 Å². The van der Waals surface area contributed by atoms with Crippen LogP contribution in [0.4, 0.5) is 11.4 Å². The van der Waals surface area contributed by atoms with Gasteiger partial charge in [-0.2, -0.15) is 0 Å². The fourth-order valence-corrected chi connectivity index (χ4v) is 3.32. The first-order valence-corrected chi connectivity index (χ1v) is 10.9. The molecule has 146 valence electrons. The van der Waals surface area contributed by atoms with Gasteiger partial charge >= 0.3 is 0 Å².